The summed E-state index contributed by atoms with van der Waals surface area (Å²) in [7, 11) is 0. The molecule has 11 rings (SSSR count). The Morgan fingerprint density at radius 1 is 0.831 bits per heavy atom. The van der Waals surface area contributed by atoms with Crippen LogP contribution in [0.5, 0.6) is 0 Å². The second-order valence-electron chi connectivity index (χ2n) is 17.7. The van der Waals surface area contributed by atoms with Crippen molar-refractivity contribution in [2.45, 2.75) is 70.4 Å². The van der Waals surface area contributed by atoms with E-state index in [1.54, 1.807) is 24.0 Å². The quantitative estimate of drug-likeness (QED) is 0.195. The highest BCUT2D eigenvalue weighted by Gasteiger charge is 2.42. The molecule has 334 valence electrons. The lowest BCUT2D eigenvalue weighted by molar-refractivity contribution is -0.123. The van der Waals surface area contributed by atoms with Crippen LogP contribution in [0, 0.1) is 5.82 Å². The van der Waals surface area contributed by atoms with Crippen molar-refractivity contribution >= 4 is 51.8 Å². The van der Waals surface area contributed by atoms with Crippen molar-refractivity contribution in [3.63, 3.8) is 0 Å². The number of aryl methyl sites for hydroxylation is 1. The number of halogens is 1. The smallest absolute Gasteiger partial charge is 0.342 e. The maximum absolute atomic E-state index is 16.0. The van der Waals surface area contributed by atoms with E-state index in [4.69, 9.17) is 0 Å². The summed E-state index contributed by atoms with van der Waals surface area (Å²) in [6.07, 6.45) is 7.33. The highest BCUT2D eigenvalue weighted by atomic mass is 32.1. The summed E-state index contributed by atoms with van der Waals surface area (Å²) in [4.78, 5) is 82.9. The number of benzene rings is 3. The summed E-state index contributed by atoms with van der Waals surface area (Å²) in [5.74, 6) is -1.86. The summed E-state index contributed by atoms with van der Waals surface area (Å²) < 4.78 is 18.0. The summed E-state index contributed by atoms with van der Waals surface area (Å²) in [6, 6.07) is 16.2. The third-order valence-corrected chi connectivity index (χ3v) is 14.6. The van der Waals surface area contributed by atoms with E-state index in [1.807, 2.05) is 28.8 Å². The van der Waals surface area contributed by atoms with Crippen LogP contribution in [0.3, 0.4) is 0 Å². The first-order chi connectivity index (χ1) is 31.6. The number of anilines is 2. The predicted octanol–water partition coefficient (Wildman–Crippen LogP) is 5.03. The Morgan fingerprint density at radius 2 is 1.65 bits per heavy atom. The maximum atomic E-state index is 16.0. The molecule has 1 unspecified atom stereocenters. The number of piperazine rings is 1. The Bertz CT molecular complexity index is 2710. The van der Waals surface area contributed by atoms with Crippen molar-refractivity contribution in [3.05, 3.63) is 118 Å². The summed E-state index contributed by atoms with van der Waals surface area (Å²) in [6.45, 7) is 7.75. The number of carbonyl (C=O) groups excluding carboxylic acids is 5. The van der Waals surface area contributed by atoms with Crippen LogP contribution >= 0.6 is 11.3 Å². The molecule has 8 heterocycles. The number of hydrazine groups is 1. The van der Waals surface area contributed by atoms with Gasteiger partial charge in [-0.05, 0) is 91.4 Å². The van der Waals surface area contributed by atoms with Crippen LogP contribution in [0.2, 0.25) is 0 Å². The van der Waals surface area contributed by atoms with Gasteiger partial charge in [-0.2, -0.15) is 0 Å². The lowest BCUT2D eigenvalue weighted by Gasteiger charge is -2.43. The van der Waals surface area contributed by atoms with Crippen LogP contribution in [-0.2, 0) is 42.2 Å². The highest BCUT2D eigenvalue weighted by Crippen LogP contribution is 2.38. The van der Waals surface area contributed by atoms with Crippen LogP contribution in [0.1, 0.15) is 80.5 Å². The molecule has 6 aliphatic heterocycles. The molecule has 0 aliphatic carbocycles. The number of likely N-dealkylation sites (tertiary alicyclic amines) is 1. The predicted molar refractivity (Wildman–Crippen MR) is 239 cm³/mol. The van der Waals surface area contributed by atoms with Gasteiger partial charge in [0.25, 0.3) is 17.7 Å². The molecule has 1 atom stereocenters. The van der Waals surface area contributed by atoms with Gasteiger partial charge in [-0.25, -0.2) is 29.2 Å². The molecule has 16 nitrogen and oxygen atoms in total. The van der Waals surface area contributed by atoms with E-state index in [0.717, 1.165) is 106 Å². The van der Waals surface area contributed by atoms with Gasteiger partial charge in [0.05, 0.1) is 31.7 Å². The number of fused-ring (bicyclic) bond motifs is 3. The zero-order valence-corrected chi connectivity index (χ0v) is 36.6. The fraction of sp³-hybridized carbons (Fsp3) is 0.383. The third-order valence-electron chi connectivity index (χ3n) is 13.9. The Morgan fingerprint density at radius 3 is 2.42 bits per heavy atom. The largest absolute Gasteiger partial charge is 0.369 e. The number of carbonyl (C=O) groups is 5. The van der Waals surface area contributed by atoms with E-state index in [0.29, 0.717) is 34.5 Å². The van der Waals surface area contributed by atoms with Crippen molar-refractivity contribution < 1.29 is 28.4 Å². The van der Waals surface area contributed by atoms with E-state index in [2.05, 4.69) is 53.5 Å². The van der Waals surface area contributed by atoms with E-state index >= 15 is 4.39 Å². The number of hydrogen-bond donors (Lipinski definition) is 2. The number of thiazole rings is 1. The summed E-state index contributed by atoms with van der Waals surface area (Å²) in [5.41, 5.74) is 7.12. The van der Waals surface area contributed by atoms with Crippen LogP contribution in [0.4, 0.5) is 20.0 Å². The van der Waals surface area contributed by atoms with Crippen molar-refractivity contribution in [1.82, 2.24) is 44.6 Å². The fourth-order valence-corrected chi connectivity index (χ4v) is 11.0. The molecule has 65 heavy (non-hydrogen) atoms. The summed E-state index contributed by atoms with van der Waals surface area (Å²) in [5, 5.41) is 10.1. The first-order valence-corrected chi connectivity index (χ1v) is 23.3. The average molecular weight is 898 g/mol. The van der Waals surface area contributed by atoms with Gasteiger partial charge in [0.15, 0.2) is 11.2 Å². The minimum Gasteiger partial charge on any atom is -0.369 e. The molecular formula is C47H48FN11O5S. The van der Waals surface area contributed by atoms with Crippen molar-refractivity contribution in [3.8, 4) is 11.1 Å². The van der Waals surface area contributed by atoms with Crippen molar-refractivity contribution in [2.75, 3.05) is 56.0 Å². The van der Waals surface area contributed by atoms with Crippen LogP contribution in [0.15, 0.2) is 72.5 Å². The highest BCUT2D eigenvalue weighted by molar-refractivity contribution is 7.13. The van der Waals surface area contributed by atoms with Crippen LogP contribution < -0.4 is 15.5 Å². The maximum Gasteiger partial charge on any atom is 0.342 e. The van der Waals surface area contributed by atoms with E-state index < -0.39 is 29.7 Å². The zero-order chi connectivity index (χ0) is 44.3. The number of amides is 6. The van der Waals surface area contributed by atoms with Gasteiger partial charge in [-0.15, -0.1) is 11.3 Å². The second kappa shape index (κ2) is 16.8. The van der Waals surface area contributed by atoms with Gasteiger partial charge in [0, 0.05) is 91.4 Å². The van der Waals surface area contributed by atoms with Crippen LogP contribution in [-0.4, -0.2) is 121 Å². The normalized spacial score (nSPS) is 19.8. The van der Waals surface area contributed by atoms with Crippen molar-refractivity contribution in [2.24, 2.45) is 0 Å². The molecule has 0 spiro atoms. The Hall–Kier alpha value is -6.50. The Balaban J connectivity index is 0.690. The molecule has 18 heteroatoms. The molecule has 6 aliphatic rings. The molecule has 0 saturated carbocycles. The number of imidazole rings is 1. The first kappa shape index (κ1) is 41.2. The molecule has 3 aromatic carbocycles. The Labute approximate surface area is 378 Å². The fourth-order valence-electron chi connectivity index (χ4n) is 10.5. The Kier molecular flexibility index (Phi) is 10.7. The minimum atomic E-state index is -1.04. The SMILES string of the molecule is O=C1CCN(N2Cc3cc(CN4CCC(N5CCN(c6ccc(-c7cc(F)c8c(c7)C(=O)N(C(C(=O)Nc7nccs7)c7ncn9c7CCC9)C8)cc6)CC5)CC4)ccc3C2=O)C(=O)N1. The monoisotopic (exact) mass is 897 g/mol. The van der Waals surface area contributed by atoms with Gasteiger partial charge in [-0.3, -0.25) is 39.6 Å². The molecule has 5 aromatic rings. The van der Waals surface area contributed by atoms with Crippen LogP contribution in [0.25, 0.3) is 11.1 Å². The van der Waals surface area contributed by atoms with E-state index in [1.165, 1.54) is 32.3 Å². The number of nitrogens with one attached hydrogen (secondary N) is 2. The summed E-state index contributed by atoms with van der Waals surface area (Å²) >= 11 is 1.29. The molecule has 2 N–H and O–H groups in total. The van der Waals surface area contributed by atoms with Gasteiger partial charge >= 0.3 is 6.03 Å². The van der Waals surface area contributed by atoms with Gasteiger partial charge in [0.1, 0.15) is 5.82 Å². The number of rotatable bonds is 10. The standard InChI is InChI=1S/C47H48FN11O5S/c48-38-24-31(23-36-37(38)27-57(44(36)62)42(43(61)52-46-49-12-21-65-46)41-39-2-1-13-56(39)28-50-41)30-4-6-33(7-5-30)54-17-19-55(20-18-54)34-9-14-53(15-10-34)25-29-3-8-35-32(22-29)26-59(45(35)63)58-16-11-40(60)51-47(58)64/h3-8,12,21-24,28,34,42H,1-2,9-11,13-20,25-27H2,(H,49,52,61)(H,51,60,64). The van der Waals surface area contributed by atoms with Gasteiger partial charge < -0.3 is 14.4 Å². The van der Waals surface area contributed by atoms with E-state index in [9.17, 15) is 24.0 Å². The molecule has 0 radical (unpaired) electrons. The van der Waals surface area contributed by atoms with Gasteiger partial charge in [0.2, 0.25) is 5.91 Å². The zero-order valence-electron chi connectivity index (χ0n) is 35.7. The number of aromatic nitrogens is 3. The van der Waals surface area contributed by atoms with Crippen molar-refractivity contribution in [1.29, 1.82) is 0 Å². The molecule has 0 bridgehead atoms. The minimum absolute atomic E-state index is 0.0410. The molecule has 3 fully saturated rings. The molecule has 2 aromatic heterocycles. The topological polar surface area (TPSA) is 160 Å². The number of urea groups is 1. The molecular weight excluding hydrogens is 850 g/mol. The molecule has 3 saturated heterocycles. The molecule has 6 amide bonds. The number of piperidine rings is 1. The average Bonchev–Trinajstić information content (AvgIpc) is 4.17. The lowest BCUT2D eigenvalue weighted by atomic mass is 9.99. The second-order valence-corrected chi connectivity index (χ2v) is 18.6. The lowest BCUT2D eigenvalue weighted by Crippen LogP contribution is -2.56. The third kappa shape index (κ3) is 7.72. The number of nitrogens with zero attached hydrogens (tertiary/aromatic N) is 9. The van der Waals surface area contributed by atoms with Gasteiger partial charge in [-0.1, -0.05) is 24.3 Å². The number of imide groups is 1. The number of hydrogen-bond acceptors (Lipinski definition) is 11. The van der Waals surface area contributed by atoms with E-state index in [-0.39, 0.29) is 42.5 Å². The first-order valence-electron chi connectivity index (χ1n) is 22.4.